The van der Waals surface area contributed by atoms with Crippen LogP contribution < -0.4 is 5.73 Å². The van der Waals surface area contributed by atoms with Crippen LogP contribution in [0.3, 0.4) is 0 Å². The molecular weight excluding hydrogens is 302 g/mol. The van der Waals surface area contributed by atoms with E-state index in [9.17, 15) is 0 Å². The first-order valence-corrected chi connectivity index (χ1v) is 9.11. The number of hydrogen-bond donors (Lipinski definition) is 2. The van der Waals surface area contributed by atoms with Gasteiger partial charge < -0.3 is 15.6 Å². The van der Waals surface area contributed by atoms with Gasteiger partial charge in [-0.05, 0) is 43.8 Å². The Bertz CT molecular complexity index is 465. The highest BCUT2D eigenvalue weighted by molar-refractivity contribution is 5.32. The molecule has 3 N–H and O–H groups in total. The number of aliphatic hydroxyl groups excluding tert-OH is 1. The van der Waals surface area contributed by atoms with E-state index in [1.54, 1.807) is 7.11 Å². The average Bonchev–Trinajstić information content (AvgIpc) is 2.61. The molecule has 136 valence electrons. The second-order valence-electron chi connectivity index (χ2n) is 6.72. The highest BCUT2D eigenvalue weighted by Gasteiger charge is 2.23. The van der Waals surface area contributed by atoms with E-state index in [0.29, 0.717) is 11.7 Å². The monoisotopic (exact) mass is 335 g/mol. The molecule has 0 aromatic heterocycles. The highest BCUT2D eigenvalue weighted by Crippen LogP contribution is 2.23. The maximum absolute atomic E-state index is 9.08. The molecule has 1 atom stereocenters. The van der Waals surface area contributed by atoms with Crippen molar-refractivity contribution in [3.63, 3.8) is 0 Å². The van der Waals surface area contributed by atoms with Crippen LogP contribution in [0, 0.1) is 0 Å². The molecule has 0 saturated carbocycles. The van der Waals surface area contributed by atoms with Crippen LogP contribution >= 0.6 is 0 Å². The Morgan fingerprint density at radius 3 is 2.71 bits per heavy atom. The van der Waals surface area contributed by atoms with Crippen LogP contribution in [0.2, 0.25) is 0 Å². The molecule has 1 aliphatic heterocycles. The fourth-order valence-corrected chi connectivity index (χ4v) is 3.71. The quantitative estimate of drug-likeness (QED) is 0.821. The van der Waals surface area contributed by atoms with Crippen molar-refractivity contribution in [2.75, 3.05) is 46.4 Å². The van der Waals surface area contributed by atoms with Crippen molar-refractivity contribution in [1.29, 1.82) is 0 Å². The predicted octanol–water partition coefficient (Wildman–Crippen LogP) is 1.86. The van der Waals surface area contributed by atoms with Crippen LogP contribution in [0.25, 0.3) is 0 Å². The number of aliphatic hydroxyl groups is 1. The number of β-amino-alcohol motifs (C(OH)–C–C–N with tert-alkyl or cyclic N) is 1. The van der Waals surface area contributed by atoms with Crippen LogP contribution in [-0.4, -0.2) is 67.4 Å². The first kappa shape index (κ1) is 19.0. The molecule has 0 aromatic rings. The normalized spacial score (nSPS) is 29.9. The SMILES string of the molecule is C=C1CCCC(N2CCN(CCO)CC2)CC/C=C\C(N)=C/1OC. The third kappa shape index (κ3) is 5.36. The van der Waals surface area contributed by atoms with Crippen molar-refractivity contribution in [1.82, 2.24) is 9.80 Å². The van der Waals surface area contributed by atoms with E-state index in [1.807, 2.05) is 6.08 Å². The van der Waals surface area contributed by atoms with Gasteiger partial charge in [0.15, 0.2) is 0 Å². The molecule has 24 heavy (non-hydrogen) atoms. The topological polar surface area (TPSA) is 62.0 Å². The Kier molecular flexibility index (Phi) is 7.82. The fourth-order valence-electron chi connectivity index (χ4n) is 3.71. The first-order chi connectivity index (χ1) is 11.7. The van der Waals surface area contributed by atoms with Gasteiger partial charge in [0, 0.05) is 38.8 Å². The summed E-state index contributed by atoms with van der Waals surface area (Å²) in [6.45, 7) is 9.51. The number of ether oxygens (including phenoxy) is 1. The van der Waals surface area contributed by atoms with E-state index in [0.717, 1.165) is 63.3 Å². The molecule has 0 aromatic carbocycles. The molecular formula is C19H33N3O2. The Morgan fingerprint density at radius 1 is 1.29 bits per heavy atom. The number of nitrogens with zero attached hydrogens (tertiary/aromatic N) is 2. The van der Waals surface area contributed by atoms with Crippen LogP contribution in [0.15, 0.2) is 35.8 Å². The third-order valence-electron chi connectivity index (χ3n) is 5.11. The summed E-state index contributed by atoms with van der Waals surface area (Å²) in [4.78, 5) is 4.97. The van der Waals surface area contributed by atoms with Gasteiger partial charge in [0.05, 0.1) is 19.4 Å². The number of nitrogens with two attached hydrogens (primary N) is 1. The molecule has 1 saturated heterocycles. The zero-order chi connectivity index (χ0) is 17.4. The van der Waals surface area contributed by atoms with E-state index >= 15 is 0 Å². The van der Waals surface area contributed by atoms with E-state index < -0.39 is 0 Å². The summed E-state index contributed by atoms with van der Waals surface area (Å²) in [5.41, 5.74) is 7.79. The molecule has 0 amide bonds. The molecule has 5 heteroatoms. The van der Waals surface area contributed by atoms with Gasteiger partial charge >= 0.3 is 0 Å². The van der Waals surface area contributed by atoms with Crippen LogP contribution in [-0.2, 0) is 4.74 Å². The summed E-state index contributed by atoms with van der Waals surface area (Å²) in [5.74, 6) is 0.738. The maximum atomic E-state index is 9.08. The van der Waals surface area contributed by atoms with Crippen molar-refractivity contribution in [3.05, 3.63) is 35.8 Å². The number of allylic oxidation sites excluding steroid dienone is 3. The minimum Gasteiger partial charge on any atom is -0.494 e. The van der Waals surface area contributed by atoms with Crippen molar-refractivity contribution in [3.8, 4) is 0 Å². The largest absolute Gasteiger partial charge is 0.494 e. The molecule has 1 unspecified atom stereocenters. The third-order valence-corrected chi connectivity index (χ3v) is 5.11. The summed E-state index contributed by atoms with van der Waals surface area (Å²) in [6, 6.07) is 0.615. The summed E-state index contributed by atoms with van der Waals surface area (Å²) in [6.07, 6.45) is 9.54. The lowest BCUT2D eigenvalue weighted by Gasteiger charge is -2.39. The number of rotatable bonds is 4. The standard InChI is InChI=1S/C19H33N3O2/c1-16-6-5-8-17(7-3-4-9-18(20)19(16)24-2)22-12-10-21(11-13-22)14-15-23/h4,9,17,23H,1,3,5-8,10-15,20H2,2H3/b9-4-,19-18-. The smallest absolute Gasteiger partial charge is 0.144 e. The molecule has 1 aliphatic carbocycles. The number of piperazine rings is 1. The fraction of sp³-hybridized carbons (Fsp3) is 0.684. The summed E-state index contributed by atoms with van der Waals surface area (Å²) in [5, 5.41) is 9.08. The summed E-state index contributed by atoms with van der Waals surface area (Å²) in [7, 11) is 1.66. The van der Waals surface area contributed by atoms with Crippen molar-refractivity contribution >= 4 is 0 Å². The number of methoxy groups -OCH3 is 1. The summed E-state index contributed by atoms with van der Waals surface area (Å²) >= 11 is 0. The Hall–Kier alpha value is -1.30. The minimum absolute atomic E-state index is 0.257. The van der Waals surface area contributed by atoms with Crippen LogP contribution in [0.1, 0.15) is 32.1 Å². The van der Waals surface area contributed by atoms with Crippen LogP contribution in [0.4, 0.5) is 0 Å². The van der Waals surface area contributed by atoms with Gasteiger partial charge in [0.2, 0.25) is 0 Å². The van der Waals surface area contributed by atoms with Gasteiger partial charge in [0.1, 0.15) is 5.76 Å². The van der Waals surface area contributed by atoms with Gasteiger partial charge in [-0.15, -0.1) is 0 Å². The molecule has 5 nitrogen and oxygen atoms in total. The molecule has 0 bridgehead atoms. The Morgan fingerprint density at radius 2 is 2.04 bits per heavy atom. The lowest BCUT2D eigenvalue weighted by atomic mass is 9.99. The van der Waals surface area contributed by atoms with Crippen molar-refractivity contribution in [2.45, 2.75) is 38.1 Å². The average molecular weight is 335 g/mol. The zero-order valence-electron chi connectivity index (χ0n) is 15.0. The molecule has 1 fully saturated rings. The lowest BCUT2D eigenvalue weighted by molar-refractivity contribution is 0.0769. The molecule has 2 rings (SSSR count). The minimum atomic E-state index is 0.257. The van der Waals surface area contributed by atoms with E-state index in [-0.39, 0.29) is 6.61 Å². The van der Waals surface area contributed by atoms with E-state index in [4.69, 9.17) is 15.6 Å². The first-order valence-electron chi connectivity index (χ1n) is 9.11. The molecule has 1 heterocycles. The highest BCUT2D eigenvalue weighted by atomic mass is 16.5. The van der Waals surface area contributed by atoms with Gasteiger partial charge in [0.25, 0.3) is 0 Å². The second kappa shape index (κ2) is 9.87. The molecule has 0 spiro atoms. The van der Waals surface area contributed by atoms with Crippen LogP contribution in [0.5, 0.6) is 0 Å². The maximum Gasteiger partial charge on any atom is 0.144 e. The van der Waals surface area contributed by atoms with Gasteiger partial charge in [-0.25, -0.2) is 0 Å². The summed E-state index contributed by atoms with van der Waals surface area (Å²) < 4.78 is 5.43. The van der Waals surface area contributed by atoms with E-state index in [1.165, 1.54) is 12.8 Å². The van der Waals surface area contributed by atoms with Gasteiger partial charge in [-0.1, -0.05) is 12.7 Å². The van der Waals surface area contributed by atoms with Gasteiger partial charge in [-0.2, -0.15) is 0 Å². The van der Waals surface area contributed by atoms with Crippen molar-refractivity contribution in [2.24, 2.45) is 5.73 Å². The number of hydrogen-bond acceptors (Lipinski definition) is 5. The predicted molar refractivity (Wildman–Crippen MR) is 98.5 cm³/mol. The van der Waals surface area contributed by atoms with Gasteiger partial charge in [-0.3, -0.25) is 9.80 Å². The zero-order valence-corrected chi connectivity index (χ0v) is 15.0. The lowest BCUT2D eigenvalue weighted by Crippen LogP contribution is -2.50. The Labute approximate surface area is 146 Å². The molecule has 0 radical (unpaired) electrons. The Balaban J connectivity index is 1.94. The van der Waals surface area contributed by atoms with E-state index in [2.05, 4.69) is 22.5 Å². The van der Waals surface area contributed by atoms with Crippen molar-refractivity contribution < 1.29 is 9.84 Å². The second-order valence-corrected chi connectivity index (χ2v) is 6.72. The molecule has 2 aliphatic rings.